The van der Waals surface area contributed by atoms with Crippen molar-refractivity contribution in [2.75, 3.05) is 16.2 Å². The number of hydrogen-bond donors (Lipinski definition) is 2. The van der Waals surface area contributed by atoms with Gasteiger partial charge in [0.15, 0.2) is 15.0 Å². The van der Waals surface area contributed by atoms with Crippen LogP contribution in [0, 0.1) is 0 Å². The fourth-order valence-corrected chi connectivity index (χ4v) is 7.01. The minimum atomic E-state index is -3.83. The fourth-order valence-electron chi connectivity index (χ4n) is 3.07. The number of halogens is 1. The van der Waals surface area contributed by atoms with E-state index in [0.717, 1.165) is 11.3 Å². The van der Waals surface area contributed by atoms with Crippen LogP contribution in [-0.2, 0) is 19.9 Å². The van der Waals surface area contributed by atoms with Crippen LogP contribution in [0.25, 0.3) is 10.2 Å². The van der Waals surface area contributed by atoms with Crippen LogP contribution in [-0.4, -0.2) is 45.3 Å². The zero-order valence-electron chi connectivity index (χ0n) is 15.3. The first kappa shape index (κ1) is 21.0. The van der Waals surface area contributed by atoms with Crippen LogP contribution in [0.2, 0.25) is 5.02 Å². The Morgan fingerprint density at radius 2 is 1.90 bits per heavy atom. The van der Waals surface area contributed by atoms with Gasteiger partial charge in [-0.25, -0.2) is 21.8 Å². The van der Waals surface area contributed by atoms with Gasteiger partial charge in [-0.1, -0.05) is 22.9 Å². The lowest BCUT2D eigenvalue weighted by Gasteiger charge is -2.10. The third-order valence-corrected chi connectivity index (χ3v) is 9.00. The summed E-state index contributed by atoms with van der Waals surface area (Å²) in [7, 11) is -6.92. The number of carbonyl (C=O) groups is 1. The molecule has 1 aromatic heterocycles. The highest BCUT2D eigenvalue weighted by Gasteiger charge is 2.29. The van der Waals surface area contributed by atoms with Gasteiger partial charge in [-0.3, -0.25) is 9.52 Å². The average Bonchev–Trinajstić information content (AvgIpc) is 3.22. The summed E-state index contributed by atoms with van der Waals surface area (Å²) in [5, 5.41) is 3.32. The van der Waals surface area contributed by atoms with Crippen molar-refractivity contribution in [3.05, 3.63) is 53.1 Å². The second-order valence-corrected chi connectivity index (χ2v) is 12.2. The largest absolute Gasteiger partial charge is 0.348 e. The van der Waals surface area contributed by atoms with E-state index in [0.29, 0.717) is 27.2 Å². The lowest BCUT2D eigenvalue weighted by Crippen LogP contribution is -2.35. The lowest BCUT2D eigenvalue weighted by molar-refractivity contribution is 0.0941. The third kappa shape index (κ3) is 4.59. The average molecular weight is 486 g/mol. The molecule has 2 heterocycles. The molecular formula is C18H16ClN3O5S3. The topological polar surface area (TPSA) is 122 Å². The Kier molecular flexibility index (Phi) is 5.47. The molecule has 0 unspecified atom stereocenters. The Balaban J connectivity index is 1.52. The summed E-state index contributed by atoms with van der Waals surface area (Å²) in [6, 6.07) is 10.1. The molecular weight excluding hydrogens is 470 g/mol. The molecule has 0 aliphatic carbocycles. The van der Waals surface area contributed by atoms with Crippen molar-refractivity contribution in [2.45, 2.75) is 17.4 Å². The van der Waals surface area contributed by atoms with Gasteiger partial charge in [0.1, 0.15) is 0 Å². The summed E-state index contributed by atoms with van der Waals surface area (Å²) in [6.07, 6.45) is 0.396. The number of aromatic nitrogens is 1. The molecule has 2 aromatic carbocycles. The SMILES string of the molecule is O=C(N[C@@H]1CCS(=O)(=O)C1)c1ccc2nc(NS(=O)(=O)c3ccc(Cl)cc3)sc2c1. The number of fused-ring (bicyclic) bond motifs is 1. The van der Waals surface area contributed by atoms with E-state index in [1.54, 1.807) is 18.2 Å². The quantitative estimate of drug-likeness (QED) is 0.572. The predicted molar refractivity (Wildman–Crippen MR) is 116 cm³/mol. The van der Waals surface area contributed by atoms with E-state index in [2.05, 4.69) is 15.0 Å². The van der Waals surface area contributed by atoms with Crippen LogP contribution in [0.1, 0.15) is 16.8 Å². The highest BCUT2D eigenvalue weighted by molar-refractivity contribution is 7.93. The van der Waals surface area contributed by atoms with E-state index in [9.17, 15) is 21.6 Å². The molecule has 1 aliphatic rings. The van der Waals surface area contributed by atoms with Gasteiger partial charge in [0.25, 0.3) is 15.9 Å². The number of rotatable bonds is 5. The molecule has 158 valence electrons. The number of nitrogens with one attached hydrogen (secondary N) is 2. The Bertz CT molecular complexity index is 1340. The van der Waals surface area contributed by atoms with E-state index in [1.807, 2.05) is 0 Å². The van der Waals surface area contributed by atoms with Crippen LogP contribution >= 0.6 is 22.9 Å². The normalized spacial score (nSPS) is 18.4. The van der Waals surface area contributed by atoms with Crippen molar-refractivity contribution < 1.29 is 21.6 Å². The van der Waals surface area contributed by atoms with E-state index in [1.165, 1.54) is 24.3 Å². The number of sulfonamides is 1. The molecule has 0 bridgehead atoms. The number of anilines is 1. The minimum Gasteiger partial charge on any atom is -0.348 e. The maximum atomic E-state index is 12.5. The van der Waals surface area contributed by atoms with Gasteiger partial charge >= 0.3 is 0 Å². The van der Waals surface area contributed by atoms with E-state index in [4.69, 9.17) is 11.6 Å². The van der Waals surface area contributed by atoms with Crippen LogP contribution in [0.15, 0.2) is 47.4 Å². The molecule has 2 N–H and O–H groups in total. The highest BCUT2D eigenvalue weighted by Crippen LogP contribution is 2.29. The van der Waals surface area contributed by atoms with Gasteiger partial charge < -0.3 is 5.32 Å². The molecule has 1 fully saturated rings. The zero-order valence-corrected chi connectivity index (χ0v) is 18.5. The summed E-state index contributed by atoms with van der Waals surface area (Å²) in [4.78, 5) is 16.8. The Morgan fingerprint density at radius 1 is 1.17 bits per heavy atom. The number of hydrogen-bond acceptors (Lipinski definition) is 7. The third-order valence-electron chi connectivity index (χ3n) is 4.56. The summed E-state index contributed by atoms with van der Waals surface area (Å²) in [5.74, 6) is -0.364. The van der Waals surface area contributed by atoms with Crippen LogP contribution in [0.3, 0.4) is 0 Å². The molecule has 1 atom stereocenters. The lowest BCUT2D eigenvalue weighted by atomic mass is 10.2. The molecule has 0 radical (unpaired) electrons. The van der Waals surface area contributed by atoms with E-state index >= 15 is 0 Å². The number of nitrogens with zero attached hydrogens (tertiary/aromatic N) is 1. The minimum absolute atomic E-state index is 0.0535. The zero-order chi connectivity index (χ0) is 21.5. The number of thiazole rings is 1. The second-order valence-electron chi connectivity index (χ2n) is 6.83. The summed E-state index contributed by atoms with van der Waals surface area (Å²) in [6.45, 7) is 0. The first-order valence-corrected chi connectivity index (χ1v) is 13.3. The van der Waals surface area contributed by atoms with Gasteiger partial charge in [0.2, 0.25) is 0 Å². The van der Waals surface area contributed by atoms with Crippen molar-refractivity contribution in [3.8, 4) is 0 Å². The first-order valence-electron chi connectivity index (χ1n) is 8.82. The van der Waals surface area contributed by atoms with E-state index < -0.39 is 25.9 Å². The van der Waals surface area contributed by atoms with Gasteiger partial charge in [-0.2, -0.15) is 0 Å². The van der Waals surface area contributed by atoms with Gasteiger partial charge in [-0.05, 0) is 48.9 Å². The Hall–Kier alpha value is -2.21. The molecule has 12 heteroatoms. The number of carbonyl (C=O) groups excluding carboxylic acids is 1. The van der Waals surface area contributed by atoms with Gasteiger partial charge in [0.05, 0.1) is 26.6 Å². The standard InChI is InChI=1S/C18H16ClN3O5S3/c19-12-2-4-14(5-3-12)30(26,27)22-18-21-15-6-1-11(9-16(15)28-18)17(23)20-13-7-8-29(24,25)10-13/h1-6,9,13H,7-8,10H2,(H,20,23)(H,21,22)/t13-/m1/s1. The highest BCUT2D eigenvalue weighted by atomic mass is 35.5. The molecule has 1 aliphatic heterocycles. The maximum absolute atomic E-state index is 12.5. The Morgan fingerprint density at radius 3 is 2.57 bits per heavy atom. The molecule has 30 heavy (non-hydrogen) atoms. The summed E-state index contributed by atoms with van der Waals surface area (Å²) in [5.41, 5.74) is 0.886. The first-order chi connectivity index (χ1) is 14.1. The van der Waals surface area contributed by atoms with E-state index in [-0.39, 0.29) is 27.4 Å². The van der Waals surface area contributed by atoms with Crippen LogP contribution in [0.4, 0.5) is 5.13 Å². The Labute approximate surface area is 182 Å². The van der Waals surface area contributed by atoms with Crippen LogP contribution < -0.4 is 10.0 Å². The molecule has 0 spiro atoms. The fraction of sp³-hybridized carbons (Fsp3) is 0.222. The van der Waals surface area contributed by atoms with Crippen molar-refractivity contribution in [3.63, 3.8) is 0 Å². The number of amides is 1. The number of sulfone groups is 1. The molecule has 0 saturated carbocycles. The van der Waals surface area contributed by atoms with Crippen molar-refractivity contribution in [1.29, 1.82) is 0 Å². The predicted octanol–water partition coefficient (Wildman–Crippen LogP) is 2.67. The summed E-state index contributed by atoms with van der Waals surface area (Å²) < 4.78 is 51.2. The molecule has 3 aromatic rings. The smallest absolute Gasteiger partial charge is 0.263 e. The van der Waals surface area contributed by atoms with Gasteiger partial charge in [-0.15, -0.1) is 0 Å². The van der Waals surface area contributed by atoms with Crippen molar-refractivity contribution in [2.24, 2.45) is 0 Å². The molecule has 1 saturated heterocycles. The second kappa shape index (κ2) is 7.80. The van der Waals surface area contributed by atoms with Crippen molar-refractivity contribution in [1.82, 2.24) is 10.3 Å². The molecule has 4 rings (SSSR count). The van der Waals surface area contributed by atoms with Gasteiger partial charge in [0, 0.05) is 16.6 Å². The summed E-state index contributed by atoms with van der Waals surface area (Å²) >= 11 is 6.89. The maximum Gasteiger partial charge on any atom is 0.263 e. The van der Waals surface area contributed by atoms with Crippen LogP contribution in [0.5, 0.6) is 0 Å². The molecule has 1 amide bonds. The van der Waals surface area contributed by atoms with Crippen molar-refractivity contribution >= 4 is 64.1 Å². The number of benzene rings is 2. The molecule has 8 nitrogen and oxygen atoms in total. The monoisotopic (exact) mass is 485 g/mol.